The van der Waals surface area contributed by atoms with Crippen molar-refractivity contribution >= 4 is 17.7 Å². The molecule has 1 fully saturated rings. The van der Waals surface area contributed by atoms with E-state index in [4.69, 9.17) is 11.5 Å². The average Bonchev–Trinajstić information content (AvgIpc) is 2.55. The van der Waals surface area contributed by atoms with Gasteiger partial charge in [0.15, 0.2) is 0 Å². The first kappa shape index (κ1) is 14.2. The van der Waals surface area contributed by atoms with E-state index in [1.165, 1.54) is 6.20 Å². The Morgan fingerprint density at radius 1 is 1.14 bits per heavy atom. The number of carbonyl (C=O) groups is 1. The van der Waals surface area contributed by atoms with Crippen LogP contribution in [0.1, 0.15) is 34.8 Å². The Labute approximate surface area is 128 Å². The Hall–Kier alpha value is -2.70. The Bertz CT molecular complexity index is 664. The molecule has 1 aliphatic rings. The standard InChI is InChI=1S/C15H18N6O/c16-13-2-1-11(9-19-13)14(22)21-7-4-10(5-8-21)12-3-6-18-15(17)20-12/h1-3,6,9-10H,4-5,7-8H2,(H2,16,19)(H2,17,18,20). The van der Waals surface area contributed by atoms with E-state index in [1.54, 1.807) is 18.3 Å². The van der Waals surface area contributed by atoms with Crippen molar-refractivity contribution < 1.29 is 4.79 Å². The summed E-state index contributed by atoms with van der Waals surface area (Å²) >= 11 is 0. The summed E-state index contributed by atoms with van der Waals surface area (Å²) in [5.41, 5.74) is 12.7. The molecule has 3 rings (SSSR count). The molecule has 7 nitrogen and oxygen atoms in total. The second kappa shape index (κ2) is 5.97. The first-order valence-electron chi connectivity index (χ1n) is 7.22. The fraction of sp³-hybridized carbons (Fsp3) is 0.333. The highest BCUT2D eigenvalue weighted by Crippen LogP contribution is 2.27. The number of carbonyl (C=O) groups excluding carboxylic acids is 1. The lowest BCUT2D eigenvalue weighted by Crippen LogP contribution is -2.38. The molecule has 0 radical (unpaired) electrons. The number of nitrogens with zero attached hydrogens (tertiary/aromatic N) is 4. The Kier molecular flexibility index (Phi) is 3.86. The van der Waals surface area contributed by atoms with Gasteiger partial charge in [-0.15, -0.1) is 0 Å². The number of anilines is 2. The molecule has 1 saturated heterocycles. The predicted molar refractivity (Wildman–Crippen MR) is 83.0 cm³/mol. The summed E-state index contributed by atoms with van der Waals surface area (Å²) in [5.74, 6) is 1.02. The van der Waals surface area contributed by atoms with E-state index in [0.29, 0.717) is 36.3 Å². The zero-order valence-corrected chi connectivity index (χ0v) is 12.1. The minimum atomic E-state index is -0.00634. The van der Waals surface area contributed by atoms with Crippen molar-refractivity contribution in [2.45, 2.75) is 18.8 Å². The number of nitrogens with two attached hydrogens (primary N) is 2. The van der Waals surface area contributed by atoms with Crippen LogP contribution in [0.25, 0.3) is 0 Å². The van der Waals surface area contributed by atoms with Crippen LogP contribution in [0.5, 0.6) is 0 Å². The van der Waals surface area contributed by atoms with E-state index < -0.39 is 0 Å². The highest BCUT2D eigenvalue weighted by molar-refractivity contribution is 5.94. The summed E-state index contributed by atoms with van der Waals surface area (Å²) in [6.07, 6.45) is 4.93. The maximum atomic E-state index is 12.4. The van der Waals surface area contributed by atoms with Gasteiger partial charge in [0.1, 0.15) is 5.82 Å². The molecule has 0 unspecified atom stereocenters. The molecular weight excluding hydrogens is 280 g/mol. The smallest absolute Gasteiger partial charge is 0.255 e. The normalized spacial score (nSPS) is 15.7. The number of hydrogen-bond donors (Lipinski definition) is 2. The molecule has 2 aromatic heterocycles. The van der Waals surface area contributed by atoms with Gasteiger partial charge in [-0.05, 0) is 31.0 Å². The molecule has 22 heavy (non-hydrogen) atoms. The number of aromatic nitrogens is 3. The van der Waals surface area contributed by atoms with Crippen molar-refractivity contribution in [1.82, 2.24) is 19.9 Å². The molecular formula is C15H18N6O. The zero-order chi connectivity index (χ0) is 15.5. The third-order valence-electron chi connectivity index (χ3n) is 3.93. The van der Waals surface area contributed by atoms with Gasteiger partial charge >= 0.3 is 0 Å². The monoisotopic (exact) mass is 298 g/mol. The molecule has 0 aliphatic carbocycles. The molecule has 4 N–H and O–H groups in total. The number of piperidine rings is 1. The lowest BCUT2D eigenvalue weighted by molar-refractivity contribution is 0.0711. The summed E-state index contributed by atoms with van der Waals surface area (Å²) in [7, 11) is 0. The summed E-state index contributed by atoms with van der Waals surface area (Å²) in [6, 6.07) is 5.24. The summed E-state index contributed by atoms with van der Waals surface area (Å²) in [5, 5.41) is 0. The lowest BCUT2D eigenvalue weighted by Gasteiger charge is -2.31. The number of amides is 1. The Balaban J connectivity index is 1.64. The van der Waals surface area contributed by atoms with Crippen molar-refractivity contribution in [3.63, 3.8) is 0 Å². The van der Waals surface area contributed by atoms with Gasteiger partial charge in [0, 0.05) is 37.1 Å². The SMILES string of the molecule is Nc1ccc(C(=O)N2CCC(c3ccnc(N)n3)CC2)cn1. The van der Waals surface area contributed by atoms with Crippen LogP contribution in [0.2, 0.25) is 0 Å². The minimum Gasteiger partial charge on any atom is -0.384 e. The quantitative estimate of drug-likeness (QED) is 0.857. The van der Waals surface area contributed by atoms with E-state index in [2.05, 4.69) is 15.0 Å². The molecule has 114 valence electrons. The van der Waals surface area contributed by atoms with Crippen molar-refractivity contribution in [3.05, 3.63) is 41.9 Å². The van der Waals surface area contributed by atoms with Gasteiger partial charge in [0.25, 0.3) is 5.91 Å². The van der Waals surface area contributed by atoms with Crippen LogP contribution in [-0.4, -0.2) is 38.8 Å². The third-order valence-corrected chi connectivity index (χ3v) is 3.93. The number of hydrogen-bond acceptors (Lipinski definition) is 6. The molecule has 2 aromatic rings. The molecule has 1 aliphatic heterocycles. The van der Waals surface area contributed by atoms with E-state index in [-0.39, 0.29) is 5.91 Å². The number of likely N-dealkylation sites (tertiary alicyclic amines) is 1. The predicted octanol–water partition coefficient (Wildman–Crippen LogP) is 1.06. The molecule has 1 amide bonds. The lowest BCUT2D eigenvalue weighted by atomic mass is 9.93. The van der Waals surface area contributed by atoms with Crippen molar-refractivity contribution in [3.8, 4) is 0 Å². The number of nitrogen functional groups attached to an aromatic ring is 2. The first-order valence-corrected chi connectivity index (χ1v) is 7.22. The Morgan fingerprint density at radius 3 is 2.55 bits per heavy atom. The summed E-state index contributed by atoms with van der Waals surface area (Å²) in [6.45, 7) is 1.38. The maximum absolute atomic E-state index is 12.4. The van der Waals surface area contributed by atoms with Crippen LogP contribution < -0.4 is 11.5 Å². The zero-order valence-electron chi connectivity index (χ0n) is 12.1. The van der Waals surface area contributed by atoms with Crippen LogP contribution in [0, 0.1) is 0 Å². The number of rotatable bonds is 2. The fourth-order valence-electron chi connectivity index (χ4n) is 2.71. The van der Waals surface area contributed by atoms with E-state index >= 15 is 0 Å². The van der Waals surface area contributed by atoms with Gasteiger partial charge in [-0.1, -0.05) is 0 Å². The molecule has 7 heteroatoms. The molecule has 0 atom stereocenters. The van der Waals surface area contributed by atoms with Gasteiger partial charge < -0.3 is 16.4 Å². The van der Waals surface area contributed by atoms with Crippen LogP contribution in [0.15, 0.2) is 30.6 Å². The van der Waals surface area contributed by atoms with E-state index in [9.17, 15) is 4.79 Å². The second-order valence-electron chi connectivity index (χ2n) is 5.38. The van der Waals surface area contributed by atoms with E-state index in [0.717, 1.165) is 18.5 Å². The van der Waals surface area contributed by atoms with Crippen molar-refractivity contribution in [2.24, 2.45) is 0 Å². The van der Waals surface area contributed by atoms with E-state index in [1.807, 2.05) is 11.0 Å². The highest BCUT2D eigenvalue weighted by atomic mass is 16.2. The molecule has 3 heterocycles. The average molecular weight is 298 g/mol. The topological polar surface area (TPSA) is 111 Å². The van der Waals surface area contributed by atoms with Crippen molar-refractivity contribution in [2.75, 3.05) is 24.6 Å². The van der Waals surface area contributed by atoms with Gasteiger partial charge in [0.05, 0.1) is 5.56 Å². The van der Waals surface area contributed by atoms with Gasteiger partial charge in [0.2, 0.25) is 5.95 Å². The minimum absolute atomic E-state index is 0.00634. The van der Waals surface area contributed by atoms with Gasteiger partial charge in [-0.25, -0.2) is 15.0 Å². The highest BCUT2D eigenvalue weighted by Gasteiger charge is 2.25. The molecule has 0 bridgehead atoms. The first-order chi connectivity index (χ1) is 10.6. The largest absolute Gasteiger partial charge is 0.384 e. The van der Waals surface area contributed by atoms with Crippen LogP contribution in [0.3, 0.4) is 0 Å². The summed E-state index contributed by atoms with van der Waals surface area (Å²) in [4.78, 5) is 26.4. The van der Waals surface area contributed by atoms with Gasteiger partial charge in [-0.2, -0.15) is 0 Å². The number of pyridine rings is 1. The molecule has 0 saturated carbocycles. The maximum Gasteiger partial charge on any atom is 0.255 e. The summed E-state index contributed by atoms with van der Waals surface area (Å²) < 4.78 is 0. The fourth-order valence-corrected chi connectivity index (χ4v) is 2.71. The second-order valence-corrected chi connectivity index (χ2v) is 5.38. The van der Waals surface area contributed by atoms with Crippen molar-refractivity contribution in [1.29, 1.82) is 0 Å². The molecule has 0 aromatic carbocycles. The third kappa shape index (κ3) is 2.98. The van der Waals surface area contributed by atoms with Gasteiger partial charge in [-0.3, -0.25) is 4.79 Å². The Morgan fingerprint density at radius 2 is 1.91 bits per heavy atom. The van der Waals surface area contributed by atoms with Crippen LogP contribution in [-0.2, 0) is 0 Å². The van der Waals surface area contributed by atoms with Crippen LogP contribution >= 0.6 is 0 Å². The molecule has 0 spiro atoms. The van der Waals surface area contributed by atoms with Crippen LogP contribution in [0.4, 0.5) is 11.8 Å².